The summed E-state index contributed by atoms with van der Waals surface area (Å²) >= 11 is 0. The average Bonchev–Trinajstić information content (AvgIpc) is 3.01. The van der Waals surface area contributed by atoms with Crippen molar-refractivity contribution in [1.29, 1.82) is 0 Å². The van der Waals surface area contributed by atoms with Crippen LogP contribution in [0.5, 0.6) is 0 Å². The lowest BCUT2D eigenvalue weighted by Gasteiger charge is -2.39. The SMILES string of the molecule is Cc1cccc2c1N[C@@H](c1ccccc1)C[C@H]2N1CCCC1=O. The number of hydrogen-bond donors (Lipinski definition) is 1. The summed E-state index contributed by atoms with van der Waals surface area (Å²) in [6.45, 7) is 3.03. The highest BCUT2D eigenvalue weighted by atomic mass is 16.2. The number of amides is 1. The molecule has 1 amide bonds. The van der Waals surface area contributed by atoms with Gasteiger partial charge in [-0.3, -0.25) is 4.79 Å². The zero-order valence-electron chi connectivity index (χ0n) is 13.5. The first-order valence-electron chi connectivity index (χ1n) is 8.44. The predicted octanol–water partition coefficient (Wildman–Crippen LogP) is 4.22. The van der Waals surface area contributed by atoms with Crippen LogP contribution in [0.1, 0.15) is 48.0 Å². The molecular formula is C20H22N2O. The van der Waals surface area contributed by atoms with Crippen LogP contribution in [-0.4, -0.2) is 17.4 Å². The minimum absolute atomic E-state index is 0.186. The van der Waals surface area contributed by atoms with Gasteiger partial charge in [-0.2, -0.15) is 0 Å². The van der Waals surface area contributed by atoms with Crippen molar-refractivity contribution in [3.63, 3.8) is 0 Å². The second-order valence-corrected chi connectivity index (χ2v) is 6.59. The molecular weight excluding hydrogens is 284 g/mol. The Labute approximate surface area is 137 Å². The van der Waals surface area contributed by atoms with Gasteiger partial charge in [-0.25, -0.2) is 0 Å². The number of benzene rings is 2. The number of carbonyl (C=O) groups excluding carboxylic acids is 1. The lowest BCUT2D eigenvalue weighted by atomic mass is 9.87. The van der Waals surface area contributed by atoms with E-state index in [9.17, 15) is 4.79 Å². The van der Waals surface area contributed by atoms with E-state index >= 15 is 0 Å². The van der Waals surface area contributed by atoms with Crippen molar-refractivity contribution in [2.45, 2.75) is 38.3 Å². The summed E-state index contributed by atoms with van der Waals surface area (Å²) in [6, 6.07) is 17.4. The number of rotatable bonds is 2. The third-order valence-corrected chi connectivity index (χ3v) is 5.13. The second kappa shape index (κ2) is 5.73. The van der Waals surface area contributed by atoms with Crippen LogP contribution >= 0.6 is 0 Å². The van der Waals surface area contributed by atoms with E-state index in [2.05, 4.69) is 59.6 Å². The number of aryl methyl sites for hydroxylation is 1. The summed E-state index contributed by atoms with van der Waals surface area (Å²) in [7, 11) is 0. The topological polar surface area (TPSA) is 32.3 Å². The molecule has 1 saturated heterocycles. The van der Waals surface area contributed by atoms with Crippen LogP contribution < -0.4 is 5.32 Å². The van der Waals surface area contributed by atoms with Gasteiger partial charge in [0.2, 0.25) is 5.91 Å². The van der Waals surface area contributed by atoms with E-state index in [-0.39, 0.29) is 12.1 Å². The van der Waals surface area contributed by atoms with Crippen molar-refractivity contribution in [2.75, 3.05) is 11.9 Å². The normalized spacial score (nSPS) is 23.5. The fourth-order valence-corrected chi connectivity index (χ4v) is 3.95. The van der Waals surface area contributed by atoms with Gasteiger partial charge in [0.05, 0.1) is 12.1 Å². The molecule has 0 spiro atoms. The molecule has 0 aliphatic carbocycles. The molecule has 0 bridgehead atoms. The summed E-state index contributed by atoms with van der Waals surface area (Å²) in [4.78, 5) is 14.4. The van der Waals surface area contributed by atoms with Crippen LogP contribution in [-0.2, 0) is 4.79 Å². The molecule has 0 radical (unpaired) electrons. The Morgan fingerprint density at radius 3 is 2.65 bits per heavy atom. The smallest absolute Gasteiger partial charge is 0.223 e. The standard InChI is InChI=1S/C20H22N2O/c1-14-7-5-10-16-18(22-12-6-11-19(22)23)13-17(21-20(14)16)15-8-3-2-4-9-15/h2-5,7-10,17-18,21H,6,11-13H2,1H3/t17-,18-/m1/s1. The molecule has 3 nitrogen and oxygen atoms in total. The molecule has 3 heteroatoms. The molecule has 2 aliphatic heterocycles. The van der Waals surface area contributed by atoms with E-state index in [4.69, 9.17) is 0 Å². The number of nitrogens with one attached hydrogen (secondary N) is 1. The maximum absolute atomic E-state index is 12.3. The van der Waals surface area contributed by atoms with E-state index in [1.165, 1.54) is 22.4 Å². The highest BCUT2D eigenvalue weighted by Gasteiger charge is 2.36. The monoisotopic (exact) mass is 306 g/mol. The predicted molar refractivity (Wildman–Crippen MR) is 92.3 cm³/mol. The summed E-state index contributed by atoms with van der Waals surface area (Å²) in [5.74, 6) is 0.302. The summed E-state index contributed by atoms with van der Waals surface area (Å²) in [5, 5.41) is 3.71. The van der Waals surface area contributed by atoms with Gasteiger partial charge in [-0.1, -0.05) is 48.5 Å². The number of likely N-dealkylation sites (tertiary alicyclic amines) is 1. The summed E-state index contributed by atoms with van der Waals surface area (Å²) in [5.41, 5.74) is 5.02. The Balaban J connectivity index is 1.76. The van der Waals surface area contributed by atoms with Crippen molar-refractivity contribution in [2.24, 2.45) is 0 Å². The Kier molecular flexibility index (Phi) is 3.56. The molecule has 2 aromatic rings. The van der Waals surface area contributed by atoms with E-state index in [0.717, 1.165) is 19.4 Å². The molecule has 2 aliphatic rings. The number of fused-ring (bicyclic) bond motifs is 1. The highest BCUT2D eigenvalue weighted by Crippen LogP contribution is 2.44. The van der Waals surface area contributed by atoms with Gasteiger partial charge in [0.1, 0.15) is 0 Å². The van der Waals surface area contributed by atoms with Crippen molar-refractivity contribution in [3.05, 3.63) is 65.2 Å². The van der Waals surface area contributed by atoms with Crippen LogP contribution in [0, 0.1) is 6.92 Å². The first-order valence-corrected chi connectivity index (χ1v) is 8.44. The summed E-state index contributed by atoms with van der Waals surface area (Å²) < 4.78 is 0. The van der Waals surface area contributed by atoms with Gasteiger partial charge < -0.3 is 10.2 Å². The fraction of sp³-hybridized carbons (Fsp3) is 0.350. The van der Waals surface area contributed by atoms with Gasteiger partial charge in [0.25, 0.3) is 0 Å². The van der Waals surface area contributed by atoms with Crippen molar-refractivity contribution in [1.82, 2.24) is 4.90 Å². The van der Waals surface area contributed by atoms with Crippen LogP contribution in [0.2, 0.25) is 0 Å². The molecule has 23 heavy (non-hydrogen) atoms. The highest BCUT2D eigenvalue weighted by molar-refractivity contribution is 5.79. The van der Waals surface area contributed by atoms with E-state index < -0.39 is 0 Å². The largest absolute Gasteiger partial charge is 0.378 e. The molecule has 2 aromatic carbocycles. The lowest BCUT2D eigenvalue weighted by Crippen LogP contribution is -2.35. The minimum atomic E-state index is 0.186. The van der Waals surface area contributed by atoms with Crippen LogP contribution in [0.3, 0.4) is 0 Å². The van der Waals surface area contributed by atoms with Crippen LogP contribution in [0.15, 0.2) is 48.5 Å². The number of hydrogen-bond acceptors (Lipinski definition) is 2. The minimum Gasteiger partial charge on any atom is -0.378 e. The van der Waals surface area contributed by atoms with Crippen LogP contribution in [0.25, 0.3) is 0 Å². The zero-order valence-corrected chi connectivity index (χ0v) is 13.5. The van der Waals surface area contributed by atoms with Crippen LogP contribution in [0.4, 0.5) is 5.69 Å². The molecule has 0 saturated carbocycles. The van der Waals surface area contributed by atoms with Crippen molar-refractivity contribution < 1.29 is 4.79 Å². The maximum Gasteiger partial charge on any atom is 0.223 e. The molecule has 0 aromatic heterocycles. The average molecular weight is 306 g/mol. The Morgan fingerprint density at radius 1 is 1.09 bits per heavy atom. The number of anilines is 1. The zero-order chi connectivity index (χ0) is 15.8. The molecule has 1 fully saturated rings. The maximum atomic E-state index is 12.3. The fourth-order valence-electron chi connectivity index (χ4n) is 3.95. The van der Waals surface area contributed by atoms with E-state index in [1.54, 1.807) is 0 Å². The quantitative estimate of drug-likeness (QED) is 0.901. The van der Waals surface area contributed by atoms with E-state index in [0.29, 0.717) is 12.3 Å². The van der Waals surface area contributed by atoms with E-state index in [1.807, 2.05) is 6.07 Å². The second-order valence-electron chi connectivity index (χ2n) is 6.59. The van der Waals surface area contributed by atoms with Gasteiger partial charge in [0.15, 0.2) is 0 Å². The molecule has 1 N–H and O–H groups in total. The number of para-hydroxylation sites is 1. The number of carbonyl (C=O) groups is 1. The first kappa shape index (κ1) is 14.3. The molecule has 0 unspecified atom stereocenters. The third-order valence-electron chi connectivity index (χ3n) is 5.13. The molecule has 118 valence electrons. The van der Waals surface area contributed by atoms with Gasteiger partial charge >= 0.3 is 0 Å². The van der Waals surface area contributed by atoms with Gasteiger partial charge in [-0.05, 0) is 36.5 Å². The number of nitrogens with zero attached hydrogens (tertiary/aromatic N) is 1. The summed E-state index contributed by atoms with van der Waals surface area (Å²) in [6.07, 6.45) is 2.62. The van der Waals surface area contributed by atoms with Gasteiger partial charge in [0, 0.05) is 18.7 Å². The molecule has 2 heterocycles. The van der Waals surface area contributed by atoms with Crippen molar-refractivity contribution in [3.8, 4) is 0 Å². The Bertz CT molecular complexity index is 726. The Hall–Kier alpha value is -2.29. The molecule has 4 rings (SSSR count). The third kappa shape index (κ3) is 2.50. The first-order chi connectivity index (χ1) is 11.2. The Morgan fingerprint density at radius 2 is 1.91 bits per heavy atom. The van der Waals surface area contributed by atoms with Crippen molar-refractivity contribution >= 4 is 11.6 Å². The van der Waals surface area contributed by atoms with Gasteiger partial charge in [-0.15, -0.1) is 0 Å². The lowest BCUT2D eigenvalue weighted by molar-refractivity contribution is -0.130. The molecule has 2 atom stereocenters.